The zero-order valence-corrected chi connectivity index (χ0v) is 13.6. The molecule has 0 aromatic heterocycles. The van der Waals surface area contributed by atoms with E-state index in [1.165, 1.54) is 0 Å². The summed E-state index contributed by atoms with van der Waals surface area (Å²) in [5, 5.41) is 10.0. The van der Waals surface area contributed by atoms with E-state index < -0.39 is 12.1 Å². The average molecular weight is 319 g/mol. The fourth-order valence-corrected chi connectivity index (χ4v) is 2.43. The van der Waals surface area contributed by atoms with Crippen molar-refractivity contribution in [1.82, 2.24) is 0 Å². The van der Waals surface area contributed by atoms with E-state index in [1.54, 1.807) is 18.2 Å². The molecule has 1 atom stereocenters. The number of aryl methyl sites for hydroxylation is 3. The third-order valence-corrected chi connectivity index (χ3v) is 4.01. The molecule has 116 valence electrons. The van der Waals surface area contributed by atoms with Gasteiger partial charge in [-0.1, -0.05) is 35.4 Å². The van der Waals surface area contributed by atoms with Crippen molar-refractivity contribution in [3.8, 4) is 5.75 Å². The monoisotopic (exact) mass is 318 g/mol. The van der Waals surface area contributed by atoms with Gasteiger partial charge in [-0.3, -0.25) is 0 Å². The minimum absolute atomic E-state index is 0.323. The topological polar surface area (TPSA) is 46.5 Å². The smallest absolute Gasteiger partial charge is 0.345 e. The maximum Gasteiger partial charge on any atom is 0.345 e. The predicted molar refractivity (Wildman–Crippen MR) is 87.9 cm³/mol. The van der Waals surface area contributed by atoms with E-state index in [1.807, 2.05) is 39.0 Å². The van der Waals surface area contributed by atoms with Gasteiger partial charge in [0.05, 0.1) is 0 Å². The van der Waals surface area contributed by atoms with Crippen LogP contribution in [-0.4, -0.2) is 17.2 Å². The lowest BCUT2D eigenvalue weighted by molar-refractivity contribution is -0.145. The molecule has 1 N–H and O–H groups in total. The Bertz CT molecular complexity index is 695. The number of aliphatic carboxylic acids is 1. The number of benzene rings is 2. The minimum Gasteiger partial charge on any atom is -0.478 e. The molecule has 0 fully saturated rings. The summed E-state index contributed by atoms with van der Waals surface area (Å²) in [6.45, 7) is 5.85. The first-order valence-electron chi connectivity index (χ1n) is 7.08. The molecule has 4 heteroatoms. The van der Waals surface area contributed by atoms with Gasteiger partial charge in [0.2, 0.25) is 0 Å². The molecule has 0 spiro atoms. The number of carboxylic acids is 1. The second-order valence-corrected chi connectivity index (χ2v) is 5.90. The fraction of sp³-hybridized carbons (Fsp3) is 0.278. The standard InChI is InChI=1S/C18H19ClO3/c1-11-4-5-14(12(2)8-11)10-17(18(20)21)22-15-6-7-16(19)13(3)9-15/h4-9,17H,10H2,1-3H3,(H,20,21)/t17-/m0/s1. The zero-order valence-electron chi connectivity index (χ0n) is 12.9. The molecule has 0 aliphatic heterocycles. The maximum absolute atomic E-state index is 11.5. The highest BCUT2D eigenvalue weighted by atomic mass is 35.5. The first-order chi connectivity index (χ1) is 10.4. The van der Waals surface area contributed by atoms with Crippen LogP contribution < -0.4 is 4.74 Å². The van der Waals surface area contributed by atoms with E-state index in [9.17, 15) is 9.90 Å². The Morgan fingerprint density at radius 3 is 2.45 bits per heavy atom. The maximum atomic E-state index is 11.5. The van der Waals surface area contributed by atoms with Crippen LogP contribution in [0.15, 0.2) is 36.4 Å². The highest BCUT2D eigenvalue weighted by molar-refractivity contribution is 6.31. The zero-order chi connectivity index (χ0) is 16.3. The molecule has 22 heavy (non-hydrogen) atoms. The van der Waals surface area contributed by atoms with Crippen molar-refractivity contribution in [3.05, 3.63) is 63.7 Å². The number of ether oxygens (including phenoxy) is 1. The molecule has 0 aliphatic rings. The summed E-state index contributed by atoms with van der Waals surface area (Å²) in [4.78, 5) is 11.5. The van der Waals surface area contributed by atoms with Gasteiger partial charge in [0.25, 0.3) is 0 Å². The fourth-order valence-electron chi connectivity index (χ4n) is 2.31. The van der Waals surface area contributed by atoms with Crippen LogP contribution >= 0.6 is 11.6 Å². The molecule has 0 saturated carbocycles. The normalized spacial score (nSPS) is 12.0. The summed E-state index contributed by atoms with van der Waals surface area (Å²) < 4.78 is 5.64. The second-order valence-electron chi connectivity index (χ2n) is 5.49. The number of carbonyl (C=O) groups is 1. The summed E-state index contributed by atoms with van der Waals surface area (Å²) >= 11 is 5.97. The molecule has 2 aromatic rings. The van der Waals surface area contributed by atoms with Crippen LogP contribution in [0.2, 0.25) is 5.02 Å². The molecule has 0 heterocycles. The summed E-state index contributed by atoms with van der Waals surface area (Å²) in [7, 11) is 0. The first-order valence-corrected chi connectivity index (χ1v) is 7.46. The largest absolute Gasteiger partial charge is 0.478 e. The lowest BCUT2D eigenvalue weighted by atomic mass is 10.0. The number of halogens is 1. The minimum atomic E-state index is -0.979. The van der Waals surface area contributed by atoms with Crippen LogP contribution in [0.3, 0.4) is 0 Å². The summed E-state index contributed by atoms with van der Waals surface area (Å²) in [5.74, 6) is -0.466. The van der Waals surface area contributed by atoms with Crippen LogP contribution in [0.25, 0.3) is 0 Å². The van der Waals surface area contributed by atoms with Gasteiger partial charge in [-0.2, -0.15) is 0 Å². The molecule has 0 saturated heterocycles. The quantitative estimate of drug-likeness (QED) is 0.892. The first kappa shape index (κ1) is 16.4. The van der Waals surface area contributed by atoms with Crippen molar-refractivity contribution in [3.63, 3.8) is 0 Å². The van der Waals surface area contributed by atoms with Gasteiger partial charge in [-0.25, -0.2) is 4.79 Å². The molecule has 0 unspecified atom stereocenters. The Morgan fingerprint density at radius 2 is 1.86 bits per heavy atom. The number of carboxylic acid groups (broad SMARTS) is 1. The molecular formula is C18H19ClO3. The van der Waals surface area contributed by atoms with Gasteiger partial charge >= 0.3 is 5.97 Å². The second kappa shape index (κ2) is 6.84. The van der Waals surface area contributed by atoms with E-state index in [2.05, 4.69) is 0 Å². The molecule has 3 nitrogen and oxygen atoms in total. The van der Waals surface area contributed by atoms with Crippen LogP contribution in [-0.2, 0) is 11.2 Å². The predicted octanol–water partition coefficient (Wildman–Crippen LogP) is 4.34. The molecule has 0 radical (unpaired) electrons. The van der Waals surface area contributed by atoms with Crippen molar-refractivity contribution in [2.24, 2.45) is 0 Å². The van der Waals surface area contributed by atoms with Crippen molar-refractivity contribution in [2.75, 3.05) is 0 Å². The van der Waals surface area contributed by atoms with Gasteiger partial charge in [-0.05, 0) is 55.7 Å². The van der Waals surface area contributed by atoms with Gasteiger partial charge in [0, 0.05) is 11.4 Å². The Labute approximate surface area is 135 Å². The molecule has 2 rings (SSSR count). The highest BCUT2D eigenvalue weighted by Crippen LogP contribution is 2.23. The molecule has 0 aliphatic carbocycles. The molecule has 0 amide bonds. The SMILES string of the molecule is Cc1ccc(C[C@H](Oc2ccc(Cl)c(C)c2)C(=O)O)c(C)c1. The van der Waals surface area contributed by atoms with Gasteiger partial charge in [-0.15, -0.1) is 0 Å². The van der Waals surface area contributed by atoms with Gasteiger partial charge < -0.3 is 9.84 Å². The van der Waals surface area contributed by atoms with Crippen molar-refractivity contribution < 1.29 is 14.6 Å². The van der Waals surface area contributed by atoms with Crippen LogP contribution in [0.5, 0.6) is 5.75 Å². The van der Waals surface area contributed by atoms with Gasteiger partial charge in [0.1, 0.15) is 5.75 Å². The summed E-state index contributed by atoms with van der Waals surface area (Å²) in [6.07, 6.45) is -0.606. The van der Waals surface area contributed by atoms with Crippen LogP contribution in [0.4, 0.5) is 0 Å². The van der Waals surface area contributed by atoms with E-state index in [0.29, 0.717) is 17.2 Å². The summed E-state index contributed by atoms with van der Waals surface area (Å²) in [6, 6.07) is 11.1. The lowest BCUT2D eigenvalue weighted by Gasteiger charge is -2.17. The Morgan fingerprint density at radius 1 is 1.14 bits per heavy atom. The third-order valence-electron chi connectivity index (χ3n) is 3.59. The Kier molecular flexibility index (Phi) is 5.09. The van der Waals surface area contributed by atoms with Crippen molar-refractivity contribution in [2.45, 2.75) is 33.3 Å². The molecule has 0 bridgehead atoms. The third kappa shape index (κ3) is 4.01. The number of hydrogen-bond acceptors (Lipinski definition) is 2. The van der Waals surface area contributed by atoms with E-state index in [0.717, 1.165) is 22.3 Å². The van der Waals surface area contributed by atoms with E-state index in [4.69, 9.17) is 16.3 Å². The summed E-state index contributed by atoms with van der Waals surface area (Å²) in [5.41, 5.74) is 4.06. The highest BCUT2D eigenvalue weighted by Gasteiger charge is 2.21. The van der Waals surface area contributed by atoms with Gasteiger partial charge in [0.15, 0.2) is 6.10 Å². The Balaban J connectivity index is 2.19. The number of rotatable bonds is 5. The molecular weight excluding hydrogens is 300 g/mol. The van der Waals surface area contributed by atoms with Crippen LogP contribution in [0.1, 0.15) is 22.3 Å². The number of hydrogen-bond donors (Lipinski definition) is 1. The van der Waals surface area contributed by atoms with E-state index >= 15 is 0 Å². The van der Waals surface area contributed by atoms with Crippen molar-refractivity contribution >= 4 is 17.6 Å². The van der Waals surface area contributed by atoms with Crippen LogP contribution in [0, 0.1) is 20.8 Å². The molecule has 2 aromatic carbocycles. The van der Waals surface area contributed by atoms with E-state index in [-0.39, 0.29) is 0 Å². The lowest BCUT2D eigenvalue weighted by Crippen LogP contribution is -2.29. The van der Waals surface area contributed by atoms with Crippen molar-refractivity contribution in [1.29, 1.82) is 0 Å². The Hall–Kier alpha value is -2.00. The average Bonchev–Trinajstić information content (AvgIpc) is 2.44.